The lowest BCUT2D eigenvalue weighted by atomic mass is 9.94. The van der Waals surface area contributed by atoms with Gasteiger partial charge in [0.1, 0.15) is 5.82 Å². The lowest BCUT2D eigenvalue weighted by Crippen LogP contribution is -1.83. The zero-order chi connectivity index (χ0) is 18.0. The van der Waals surface area contributed by atoms with Crippen molar-refractivity contribution >= 4 is 53.9 Å². The molecule has 6 aromatic rings. The number of rotatable bonds is 0. The van der Waals surface area contributed by atoms with Gasteiger partial charge in [-0.1, -0.05) is 54.6 Å². The van der Waals surface area contributed by atoms with Crippen LogP contribution in [0.5, 0.6) is 0 Å². The largest absolute Gasteiger partial charge is 0.207 e. The highest BCUT2D eigenvalue weighted by atomic mass is 19.1. The first-order valence-corrected chi connectivity index (χ1v) is 9.14. The van der Waals surface area contributed by atoms with Crippen molar-refractivity contribution in [2.75, 3.05) is 0 Å². The summed E-state index contributed by atoms with van der Waals surface area (Å²) in [6.07, 6.45) is 0. The van der Waals surface area contributed by atoms with Crippen molar-refractivity contribution in [3.63, 3.8) is 0 Å². The quantitative estimate of drug-likeness (QED) is 0.196. The highest BCUT2D eigenvalue weighted by Gasteiger charge is 2.07. The molecule has 0 atom stereocenters. The van der Waals surface area contributed by atoms with E-state index in [1.54, 1.807) is 6.07 Å². The molecule has 0 unspecified atom stereocenters. The van der Waals surface area contributed by atoms with Crippen LogP contribution >= 0.6 is 0 Å². The molecule has 0 amide bonds. The molecule has 0 nitrogen and oxygen atoms in total. The summed E-state index contributed by atoms with van der Waals surface area (Å²) in [5, 5.41) is 11.9. The van der Waals surface area contributed by atoms with E-state index in [4.69, 9.17) is 0 Å². The smallest absolute Gasteiger partial charge is 0.123 e. The van der Waals surface area contributed by atoms with Gasteiger partial charge in [-0.05, 0) is 90.3 Å². The number of hydrogen-bond acceptors (Lipinski definition) is 0. The maximum Gasteiger partial charge on any atom is 0.123 e. The first-order valence-electron chi connectivity index (χ1n) is 9.14. The van der Waals surface area contributed by atoms with Gasteiger partial charge in [0.25, 0.3) is 0 Å². The molecule has 0 bridgehead atoms. The first kappa shape index (κ1) is 14.7. The number of hydrogen-bond donors (Lipinski definition) is 0. The molecule has 0 heterocycles. The molecule has 0 fully saturated rings. The van der Waals surface area contributed by atoms with E-state index < -0.39 is 0 Å². The number of benzene rings is 6. The number of fused-ring (bicyclic) bond motifs is 7. The van der Waals surface area contributed by atoms with Crippen LogP contribution in [0.25, 0.3) is 53.9 Å². The maximum atomic E-state index is 13.6. The third-order valence-corrected chi connectivity index (χ3v) is 5.62. The van der Waals surface area contributed by atoms with Gasteiger partial charge in [0.15, 0.2) is 0 Å². The topological polar surface area (TPSA) is 0 Å². The highest BCUT2D eigenvalue weighted by molar-refractivity contribution is 6.20. The average molecular weight is 346 g/mol. The Morgan fingerprint density at radius 2 is 0.889 bits per heavy atom. The van der Waals surface area contributed by atoms with Gasteiger partial charge in [0, 0.05) is 0 Å². The summed E-state index contributed by atoms with van der Waals surface area (Å²) in [6, 6.07) is 31.0. The minimum atomic E-state index is -0.194. The molecule has 0 aromatic heterocycles. The molecule has 0 saturated heterocycles. The molecular formula is C26H15F. The van der Waals surface area contributed by atoms with Gasteiger partial charge in [0.2, 0.25) is 0 Å². The molecule has 6 aromatic carbocycles. The lowest BCUT2D eigenvalue weighted by molar-refractivity contribution is 0.630. The molecule has 0 spiro atoms. The molecule has 0 aliphatic carbocycles. The molecule has 126 valence electrons. The van der Waals surface area contributed by atoms with Crippen molar-refractivity contribution in [1.82, 2.24) is 0 Å². The third-order valence-electron chi connectivity index (χ3n) is 5.62. The van der Waals surface area contributed by atoms with E-state index in [-0.39, 0.29) is 5.82 Å². The van der Waals surface area contributed by atoms with E-state index in [9.17, 15) is 4.39 Å². The van der Waals surface area contributed by atoms with E-state index in [1.807, 2.05) is 6.07 Å². The van der Waals surface area contributed by atoms with Gasteiger partial charge in [0.05, 0.1) is 0 Å². The summed E-state index contributed by atoms with van der Waals surface area (Å²) < 4.78 is 13.6. The van der Waals surface area contributed by atoms with Crippen molar-refractivity contribution in [3.8, 4) is 0 Å². The van der Waals surface area contributed by atoms with Gasteiger partial charge in [-0.15, -0.1) is 0 Å². The Hall–Kier alpha value is -3.45. The molecule has 27 heavy (non-hydrogen) atoms. The summed E-state index contributed by atoms with van der Waals surface area (Å²) >= 11 is 0. The van der Waals surface area contributed by atoms with Crippen LogP contribution < -0.4 is 0 Å². The standard InChI is InChI=1S/C26H15F/c27-22-8-5-18-15-26-20(12-21(18)13-22)7-10-23-24(26)9-6-19-11-16-3-1-2-4-17(16)14-25(19)23/h1-15H. The van der Waals surface area contributed by atoms with Crippen molar-refractivity contribution in [1.29, 1.82) is 0 Å². The summed E-state index contributed by atoms with van der Waals surface area (Å²) in [5.74, 6) is -0.194. The van der Waals surface area contributed by atoms with Gasteiger partial charge in [-0.25, -0.2) is 4.39 Å². The first-order chi connectivity index (χ1) is 13.3. The highest BCUT2D eigenvalue weighted by Crippen LogP contribution is 2.35. The van der Waals surface area contributed by atoms with Crippen molar-refractivity contribution < 1.29 is 4.39 Å². The number of halogens is 1. The van der Waals surface area contributed by atoms with Crippen LogP contribution in [-0.2, 0) is 0 Å². The van der Waals surface area contributed by atoms with Gasteiger partial charge < -0.3 is 0 Å². The second kappa shape index (κ2) is 5.28. The molecule has 0 saturated carbocycles. The predicted octanol–water partition coefficient (Wildman–Crippen LogP) is 7.59. The van der Waals surface area contributed by atoms with Crippen LogP contribution in [0.3, 0.4) is 0 Å². The summed E-state index contributed by atoms with van der Waals surface area (Å²) in [4.78, 5) is 0. The SMILES string of the molecule is Fc1ccc2cc3c(ccc4c5cc6ccccc6cc5ccc34)cc2c1. The average Bonchev–Trinajstić information content (AvgIpc) is 2.70. The van der Waals surface area contributed by atoms with Crippen molar-refractivity contribution in [2.24, 2.45) is 0 Å². The summed E-state index contributed by atoms with van der Waals surface area (Å²) in [6.45, 7) is 0. The van der Waals surface area contributed by atoms with Gasteiger partial charge >= 0.3 is 0 Å². The summed E-state index contributed by atoms with van der Waals surface area (Å²) in [7, 11) is 0. The van der Waals surface area contributed by atoms with Crippen LogP contribution in [0, 0.1) is 5.82 Å². The van der Waals surface area contributed by atoms with Crippen molar-refractivity contribution in [3.05, 3.63) is 96.8 Å². The van der Waals surface area contributed by atoms with Crippen LogP contribution in [0.4, 0.5) is 4.39 Å². The van der Waals surface area contributed by atoms with Crippen LogP contribution in [-0.4, -0.2) is 0 Å². The third kappa shape index (κ3) is 2.15. The Morgan fingerprint density at radius 1 is 0.370 bits per heavy atom. The second-order valence-electron chi connectivity index (χ2n) is 7.21. The van der Waals surface area contributed by atoms with Crippen LogP contribution in [0.15, 0.2) is 91.0 Å². The molecule has 0 aliphatic rings. The van der Waals surface area contributed by atoms with Gasteiger partial charge in [-0.2, -0.15) is 0 Å². The molecule has 6 rings (SSSR count). The van der Waals surface area contributed by atoms with E-state index in [1.165, 1.54) is 43.8 Å². The van der Waals surface area contributed by atoms with E-state index >= 15 is 0 Å². The van der Waals surface area contributed by atoms with Crippen LogP contribution in [0.2, 0.25) is 0 Å². The zero-order valence-corrected chi connectivity index (χ0v) is 14.5. The Bertz CT molecular complexity index is 1530. The predicted molar refractivity (Wildman–Crippen MR) is 114 cm³/mol. The zero-order valence-electron chi connectivity index (χ0n) is 14.5. The van der Waals surface area contributed by atoms with Gasteiger partial charge in [-0.3, -0.25) is 0 Å². The second-order valence-corrected chi connectivity index (χ2v) is 7.21. The summed E-state index contributed by atoms with van der Waals surface area (Å²) in [5.41, 5.74) is 0. The molecule has 1 heteroatoms. The molecule has 0 N–H and O–H groups in total. The molecule has 0 aliphatic heterocycles. The Balaban J connectivity index is 1.77. The lowest BCUT2D eigenvalue weighted by Gasteiger charge is -2.10. The Kier molecular flexibility index (Phi) is 2.87. The molecule has 0 radical (unpaired) electrons. The van der Waals surface area contributed by atoms with E-state index in [2.05, 4.69) is 72.8 Å². The maximum absolute atomic E-state index is 13.6. The van der Waals surface area contributed by atoms with Crippen LogP contribution in [0.1, 0.15) is 0 Å². The normalized spacial score (nSPS) is 11.9. The van der Waals surface area contributed by atoms with Crippen molar-refractivity contribution in [2.45, 2.75) is 0 Å². The molecular weight excluding hydrogens is 331 g/mol. The Labute approximate surface area is 155 Å². The Morgan fingerprint density at radius 3 is 1.56 bits per heavy atom. The van der Waals surface area contributed by atoms with E-state index in [0.29, 0.717) is 0 Å². The minimum absolute atomic E-state index is 0.194. The monoisotopic (exact) mass is 346 g/mol. The fourth-order valence-corrected chi connectivity index (χ4v) is 4.28. The van der Waals surface area contributed by atoms with E-state index in [0.717, 1.165) is 16.2 Å². The fraction of sp³-hybridized carbons (Fsp3) is 0. The fourth-order valence-electron chi connectivity index (χ4n) is 4.28. The minimum Gasteiger partial charge on any atom is -0.207 e.